The Hall–Kier alpha value is -7.42. The molecule has 314 valence electrons. The maximum Gasteiger partial charge on any atom is 0.160 e. The molecular formula is C64H48N2. The third-order valence-corrected chi connectivity index (χ3v) is 16.3. The SMILES string of the molecule is c1ccc(-c2cccc(-c3cc(-c4ccc(-c5ccc6ccccc6c5-c5cccc6c5-c5cc7ccccc7cc5C65C6CC7CC(C6)CC5C7)cc4)nc(-c4ccccc4)n3)c2)cc1. The van der Waals surface area contributed by atoms with Crippen LogP contribution < -0.4 is 0 Å². The van der Waals surface area contributed by atoms with Crippen molar-refractivity contribution in [3.05, 3.63) is 217 Å². The number of hydrogen-bond donors (Lipinski definition) is 0. The van der Waals surface area contributed by atoms with Crippen LogP contribution in [0.25, 0.3) is 100.0 Å². The lowest BCUT2D eigenvalue weighted by Crippen LogP contribution is -2.55. The standard InChI is InChI=1S/C64H48N2/c1-3-13-42(14-4-1)47-20-11-21-50(36-47)60-39-59(65-63(66-60)46-16-5-2-6-17-46)45-27-25-44(26-28-45)54-30-29-43-15-9-10-22-53(43)61(54)55-23-12-24-57-62(55)56-37-48-18-7-8-19-49(48)38-58(56)64(57)51-32-40-31-41(34-51)35-52(64)33-40/h1-30,36-41,51-52H,31-35H2. The van der Waals surface area contributed by atoms with Gasteiger partial charge in [-0.25, -0.2) is 9.97 Å². The van der Waals surface area contributed by atoms with Gasteiger partial charge in [-0.3, -0.25) is 0 Å². The van der Waals surface area contributed by atoms with Gasteiger partial charge in [0.2, 0.25) is 0 Å². The van der Waals surface area contributed by atoms with Crippen LogP contribution in [-0.2, 0) is 5.41 Å². The molecule has 1 spiro atoms. The summed E-state index contributed by atoms with van der Waals surface area (Å²) in [6.45, 7) is 0. The van der Waals surface area contributed by atoms with E-state index in [1.54, 1.807) is 11.1 Å². The molecule has 0 atom stereocenters. The number of benzene rings is 9. The first kappa shape index (κ1) is 37.9. The van der Waals surface area contributed by atoms with Gasteiger partial charge in [-0.15, -0.1) is 0 Å². The maximum absolute atomic E-state index is 5.23. The lowest BCUT2D eigenvalue weighted by atomic mass is 9.43. The van der Waals surface area contributed by atoms with E-state index in [9.17, 15) is 0 Å². The summed E-state index contributed by atoms with van der Waals surface area (Å²) >= 11 is 0. The topological polar surface area (TPSA) is 25.8 Å². The molecule has 5 aliphatic carbocycles. The van der Waals surface area contributed by atoms with Crippen LogP contribution in [0.15, 0.2) is 206 Å². The monoisotopic (exact) mass is 844 g/mol. The first-order valence-corrected chi connectivity index (χ1v) is 24.1. The van der Waals surface area contributed by atoms with Gasteiger partial charge in [0.25, 0.3) is 0 Å². The number of nitrogens with zero attached hydrogens (tertiary/aromatic N) is 2. The van der Waals surface area contributed by atoms with Crippen molar-refractivity contribution in [3.8, 4) is 78.4 Å². The molecule has 0 amide bonds. The van der Waals surface area contributed by atoms with E-state index < -0.39 is 0 Å². The minimum absolute atomic E-state index is 0.0718. The summed E-state index contributed by atoms with van der Waals surface area (Å²) in [6, 6.07) is 76.3. The van der Waals surface area contributed by atoms with E-state index in [-0.39, 0.29) is 5.41 Å². The van der Waals surface area contributed by atoms with E-state index in [0.717, 1.165) is 45.7 Å². The minimum atomic E-state index is 0.0718. The molecule has 1 heterocycles. The Balaban J connectivity index is 0.931. The van der Waals surface area contributed by atoms with Gasteiger partial charge in [0, 0.05) is 22.1 Å². The highest BCUT2D eigenvalue weighted by molar-refractivity contribution is 6.09. The van der Waals surface area contributed by atoms with E-state index in [0.29, 0.717) is 11.8 Å². The van der Waals surface area contributed by atoms with Crippen molar-refractivity contribution in [2.24, 2.45) is 23.7 Å². The fourth-order valence-corrected chi connectivity index (χ4v) is 13.7. The Kier molecular flexibility index (Phi) is 8.50. The highest BCUT2D eigenvalue weighted by Gasteiger charge is 2.62. The van der Waals surface area contributed by atoms with Crippen LogP contribution in [0.3, 0.4) is 0 Å². The fraction of sp³-hybridized carbons (Fsp3) is 0.156. The molecule has 0 unspecified atom stereocenters. The van der Waals surface area contributed by atoms with Crippen molar-refractivity contribution in [2.75, 3.05) is 0 Å². The van der Waals surface area contributed by atoms with Crippen LogP contribution in [0.5, 0.6) is 0 Å². The zero-order valence-electron chi connectivity index (χ0n) is 36.9. The van der Waals surface area contributed by atoms with E-state index in [4.69, 9.17) is 9.97 Å². The molecule has 5 aliphatic rings. The Labute approximate surface area is 386 Å². The smallest absolute Gasteiger partial charge is 0.160 e. The molecule has 9 aromatic carbocycles. The van der Waals surface area contributed by atoms with Gasteiger partial charge < -0.3 is 0 Å². The van der Waals surface area contributed by atoms with Crippen LogP contribution >= 0.6 is 0 Å². The Bertz CT molecular complexity index is 3500. The Morgan fingerprint density at radius 3 is 1.67 bits per heavy atom. The molecule has 0 aliphatic heterocycles. The van der Waals surface area contributed by atoms with Gasteiger partial charge in [-0.1, -0.05) is 182 Å². The second kappa shape index (κ2) is 14.8. The van der Waals surface area contributed by atoms with Crippen LogP contribution in [0.1, 0.15) is 43.2 Å². The summed E-state index contributed by atoms with van der Waals surface area (Å²) < 4.78 is 0. The second-order valence-corrected chi connectivity index (χ2v) is 19.7. The molecule has 0 N–H and O–H groups in total. The molecular weight excluding hydrogens is 797 g/mol. The van der Waals surface area contributed by atoms with Crippen molar-refractivity contribution >= 4 is 21.5 Å². The van der Waals surface area contributed by atoms with Gasteiger partial charge in [0.15, 0.2) is 5.82 Å². The number of hydrogen-bond acceptors (Lipinski definition) is 2. The van der Waals surface area contributed by atoms with Gasteiger partial charge in [0.05, 0.1) is 11.4 Å². The van der Waals surface area contributed by atoms with E-state index in [2.05, 4.69) is 200 Å². The van der Waals surface area contributed by atoms with Gasteiger partial charge in [0.1, 0.15) is 0 Å². The summed E-state index contributed by atoms with van der Waals surface area (Å²) in [7, 11) is 0. The van der Waals surface area contributed by atoms with Crippen molar-refractivity contribution < 1.29 is 0 Å². The highest BCUT2D eigenvalue weighted by atomic mass is 14.9. The molecule has 0 radical (unpaired) electrons. The van der Waals surface area contributed by atoms with E-state index in [1.807, 2.05) is 6.07 Å². The molecule has 66 heavy (non-hydrogen) atoms. The molecule has 1 aromatic heterocycles. The Morgan fingerprint density at radius 1 is 0.333 bits per heavy atom. The van der Waals surface area contributed by atoms with Crippen LogP contribution in [-0.4, -0.2) is 9.97 Å². The average molecular weight is 845 g/mol. The quantitative estimate of drug-likeness (QED) is 0.167. The first-order valence-electron chi connectivity index (χ1n) is 24.1. The molecule has 10 aromatic rings. The molecule has 4 bridgehead atoms. The summed E-state index contributed by atoms with van der Waals surface area (Å²) in [5, 5.41) is 5.27. The fourth-order valence-electron chi connectivity index (χ4n) is 13.7. The predicted octanol–water partition coefficient (Wildman–Crippen LogP) is 16.5. The minimum Gasteiger partial charge on any atom is -0.228 e. The largest absolute Gasteiger partial charge is 0.228 e. The van der Waals surface area contributed by atoms with Gasteiger partial charge >= 0.3 is 0 Å². The van der Waals surface area contributed by atoms with E-state index in [1.165, 1.54) is 98.2 Å². The predicted molar refractivity (Wildman–Crippen MR) is 273 cm³/mol. The van der Waals surface area contributed by atoms with Crippen molar-refractivity contribution in [2.45, 2.75) is 37.5 Å². The summed E-state index contributed by atoms with van der Waals surface area (Å²) in [5.41, 5.74) is 18.6. The molecule has 4 saturated carbocycles. The molecule has 2 heteroatoms. The number of rotatable bonds is 6. The third kappa shape index (κ3) is 5.80. The molecule has 2 nitrogen and oxygen atoms in total. The summed E-state index contributed by atoms with van der Waals surface area (Å²) in [4.78, 5) is 10.4. The second-order valence-electron chi connectivity index (χ2n) is 19.7. The lowest BCUT2D eigenvalue weighted by molar-refractivity contribution is -0.0398. The van der Waals surface area contributed by atoms with Gasteiger partial charge in [-0.2, -0.15) is 0 Å². The lowest BCUT2D eigenvalue weighted by Gasteiger charge is -2.61. The highest BCUT2D eigenvalue weighted by Crippen LogP contribution is 2.70. The molecule has 15 rings (SSSR count). The van der Waals surface area contributed by atoms with E-state index >= 15 is 0 Å². The third-order valence-electron chi connectivity index (χ3n) is 16.3. The summed E-state index contributed by atoms with van der Waals surface area (Å²) in [6.07, 6.45) is 6.93. The van der Waals surface area contributed by atoms with Crippen LogP contribution in [0, 0.1) is 23.7 Å². The Morgan fingerprint density at radius 2 is 0.924 bits per heavy atom. The van der Waals surface area contributed by atoms with Gasteiger partial charge in [-0.05, 0) is 157 Å². The zero-order chi connectivity index (χ0) is 43.3. The first-order chi connectivity index (χ1) is 32.7. The van der Waals surface area contributed by atoms with Crippen LogP contribution in [0.2, 0.25) is 0 Å². The van der Waals surface area contributed by atoms with Crippen molar-refractivity contribution in [1.82, 2.24) is 9.97 Å². The van der Waals surface area contributed by atoms with Crippen molar-refractivity contribution in [1.29, 1.82) is 0 Å². The maximum atomic E-state index is 5.23. The molecule has 0 saturated heterocycles. The van der Waals surface area contributed by atoms with Crippen LogP contribution in [0.4, 0.5) is 0 Å². The molecule has 4 fully saturated rings. The normalized spacial score (nSPS) is 21.1. The number of aromatic nitrogens is 2. The van der Waals surface area contributed by atoms with Crippen molar-refractivity contribution in [3.63, 3.8) is 0 Å². The number of fused-ring (bicyclic) bond motifs is 5. The zero-order valence-corrected chi connectivity index (χ0v) is 36.9. The summed E-state index contributed by atoms with van der Waals surface area (Å²) in [5.74, 6) is 3.90. The average Bonchev–Trinajstić information content (AvgIpc) is 3.66.